The van der Waals surface area contributed by atoms with Gasteiger partial charge < -0.3 is 10.8 Å². The minimum absolute atomic E-state index is 0.0243. The summed E-state index contributed by atoms with van der Waals surface area (Å²) in [5, 5.41) is 20.9. The second-order valence-electron chi connectivity index (χ2n) is 5.09. The van der Waals surface area contributed by atoms with Gasteiger partial charge in [-0.1, -0.05) is 42.5 Å². The molecule has 0 aliphatic heterocycles. The van der Waals surface area contributed by atoms with E-state index in [4.69, 9.17) is 5.73 Å². The summed E-state index contributed by atoms with van der Waals surface area (Å²) in [6.07, 6.45) is 0. The number of benzene rings is 3. The van der Waals surface area contributed by atoms with Crippen molar-refractivity contribution >= 4 is 11.4 Å². The third-order valence-electron chi connectivity index (χ3n) is 3.63. The van der Waals surface area contributed by atoms with E-state index in [2.05, 4.69) is 0 Å². The van der Waals surface area contributed by atoms with Crippen LogP contribution in [0, 0.1) is 10.1 Å². The molecule has 0 aliphatic rings. The molecule has 3 rings (SSSR count). The molecule has 23 heavy (non-hydrogen) atoms. The summed E-state index contributed by atoms with van der Waals surface area (Å²) in [4.78, 5) is 11.0. The normalized spacial score (nSPS) is 10.4. The molecule has 5 nitrogen and oxygen atoms in total. The standard InChI is InChI=1S/C18H14N2O3/c19-15-10-11-16(20(22)23)18(13-6-8-14(21)9-7-13)17(15)12-4-2-1-3-5-12/h1-11,21H,19H2. The van der Waals surface area contributed by atoms with Crippen LogP contribution >= 0.6 is 0 Å². The number of nitrogens with zero attached hydrogens (tertiary/aromatic N) is 1. The number of phenolic OH excluding ortho intramolecular Hbond substituents is 1. The summed E-state index contributed by atoms with van der Waals surface area (Å²) < 4.78 is 0. The van der Waals surface area contributed by atoms with Crippen molar-refractivity contribution in [3.8, 4) is 28.0 Å². The fourth-order valence-electron chi connectivity index (χ4n) is 2.60. The van der Waals surface area contributed by atoms with Crippen molar-refractivity contribution in [2.45, 2.75) is 0 Å². The Bertz CT molecular complexity index is 859. The van der Waals surface area contributed by atoms with E-state index < -0.39 is 4.92 Å². The van der Waals surface area contributed by atoms with Crippen LogP contribution in [-0.4, -0.2) is 10.0 Å². The van der Waals surface area contributed by atoms with Crippen LogP contribution in [0.2, 0.25) is 0 Å². The van der Waals surface area contributed by atoms with Gasteiger partial charge in [-0.25, -0.2) is 0 Å². The number of hydrogen-bond donors (Lipinski definition) is 2. The smallest absolute Gasteiger partial charge is 0.277 e. The van der Waals surface area contributed by atoms with Crippen LogP contribution < -0.4 is 5.73 Å². The zero-order valence-corrected chi connectivity index (χ0v) is 12.1. The molecule has 3 N–H and O–H groups in total. The topological polar surface area (TPSA) is 89.4 Å². The van der Waals surface area contributed by atoms with Gasteiger partial charge in [0, 0.05) is 17.3 Å². The second-order valence-corrected chi connectivity index (χ2v) is 5.09. The van der Waals surface area contributed by atoms with E-state index in [0.717, 1.165) is 5.56 Å². The van der Waals surface area contributed by atoms with Crippen molar-refractivity contribution in [3.05, 3.63) is 76.8 Å². The van der Waals surface area contributed by atoms with E-state index in [1.807, 2.05) is 30.3 Å². The van der Waals surface area contributed by atoms with E-state index in [9.17, 15) is 15.2 Å². The number of nitrogen functional groups attached to an aromatic ring is 1. The lowest BCUT2D eigenvalue weighted by Crippen LogP contribution is -1.99. The number of phenols is 1. The Morgan fingerprint density at radius 2 is 1.43 bits per heavy atom. The number of aromatic hydroxyl groups is 1. The molecule has 0 fully saturated rings. The Balaban J connectivity index is 2.36. The number of hydrogen-bond acceptors (Lipinski definition) is 4. The molecular formula is C18H14N2O3. The summed E-state index contributed by atoms with van der Waals surface area (Å²) in [6, 6.07) is 18.5. The fraction of sp³-hybridized carbons (Fsp3) is 0. The quantitative estimate of drug-likeness (QED) is 0.431. The Kier molecular flexibility index (Phi) is 3.68. The lowest BCUT2D eigenvalue weighted by atomic mass is 9.91. The minimum Gasteiger partial charge on any atom is -0.508 e. The lowest BCUT2D eigenvalue weighted by Gasteiger charge is -2.13. The van der Waals surface area contributed by atoms with Gasteiger partial charge in [0.1, 0.15) is 5.75 Å². The Labute approximate surface area is 132 Å². The number of rotatable bonds is 3. The third kappa shape index (κ3) is 2.72. The van der Waals surface area contributed by atoms with Gasteiger partial charge in [0.15, 0.2) is 0 Å². The van der Waals surface area contributed by atoms with Gasteiger partial charge in [-0.2, -0.15) is 0 Å². The van der Waals surface area contributed by atoms with Crippen LogP contribution in [0.4, 0.5) is 11.4 Å². The fourth-order valence-corrected chi connectivity index (χ4v) is 2.60. The number of nitro benzene ring substituents is 1. The molecule has 0 aliphatic carbocycles. The first-order chi connectivity index (χ1) is 11.1. The molecule has 5 heteroatoms. The van der Waals surface area contributed by atoms with E-state index in [1.165, 1.54) is 18.2 Å². The first-order valence-corrected chi connectivity index (χ1v) is 6.99. The van der Waals surface area contributed by atoms with Crippen molar-refractivity contribution in [3.63, 3.8) is 0 Å². The molecule has 0 heterocycles. The summed E-state index contributed by atoms with van der Waals surface area (Å²) in [6.45, 7) is 0. The predicted octanol–water partition coefficient (Wildman–Crippen LogP) is 4.22. The zero-order chi connectivity index (χ0) is 16.4. The Morgan fingerprint density at radius 3 is 2.04 bits per heavy atom. The molecule has 3 aromatic carbocycles. The van der Waals surface area contributed by atoms with Gasteiger partial charge in [-0.3, -0.25) is 10.1 Å². The highest BCUT2D eigenvalue weighted by atomic mass is 16.6. The molecule has 0 saturated heterocycles. The summed E-state index contributed by atoms with van der Waals surface area (Å²) in [5.41, 5.74) is 9.05. The lowest BCUT2D eigenvalue weighted by molar-refractivity contribution is -0.384. The van der Waals surface area contributed by atoms with Crippen molar-refractivity contribution in [2.75, 3.05) is 5.73 Å². The van der Waals surface area contributed by atoms with Crippen molar-refractivity contribution < 1.29 is 10.0 Å². The van der Waals surface area contributed by atoms with Gasteiger partial charge >= 0.3 is 0 Å². The van der Waals surface area contributed by atoms with E-state index in [0.29, 0.717) is 22.4 Å². The molecule has 0 bridgehead atoms. The third-order valence-corrected chi connectivity index (χ3v) is 3.63. The molecule has 0 saturated carbocycles. The maximum Gasteiger partial charge on any atom is 0.277 e. The van der Waals surface area contributed by atoms with Crippen molar-refractivity contribution in [1.82, 2.24) is 0 Å². The first kappa shape index (κ1) is 14.6. The Hall–Kier alpha value is -3.34. The SMILES string of the molecule is Nc1ccc([N+](=O)[O-])c(-c2ccc(O)cc2)c1-c1ccccc1. The maximum absolute atomic E-state index is 11.5. The molecular weight excluding hydrogens is 292 g/mol. The van der Waals surface area contributed by atoms with Crippen LogP contribution in [0.25, 0.3) is 22.3 Å². The molecule has 0 unspecified atom stereocenters. The zero-order valence-electron chi connectivity index (χ0n) is 12.1. The summed E-state index contributed by atoms with van der Waals surface area (Å²) in [7, 11) is 0. The molecule has 0 aromatic heterocycles. The number of nitro groups is 1. The molecule has 0 radical (unpaired) electrons. The average Bonchev–Trinajstić information content (AvgIpc) is 2.56. The maximum atomic E-state index is 11.5. The molecule has 3 aromatic rings. The average molecular weight is 306 g/mol. The summed E-state index contributed by atoms with van der Waals surface area (Å²) in [5.74, 6) is 0.0987. The van der Waals surface area contributed by atoms with E-state index >= 15 is 0 Å². The van der Waals surface area contributed by atoms with Crippen molar-refractivity contribution in [1.29, 1.82) is 0 Å². The van der Waals surface area contributed by atoms with Gasteiger partial charge in [-0.05, 0) is 29.3 Å². The van der Waals surface area contributed by atoms with Crippen molar-refractivity contribution in [2.24, 2.45) is 0 Å². The minimum atomic E-state index is -0.423. The first-order valence-electron chi connectivity index (χ1n) is 6.99. The number of nitrogens with two attached hydrogens (primary N) is 1. The van der Waals surface area contributed by atoms with Gasteiger partial charge in [0.05, 0.1) is 10.5 Å². The highest BCUT2D eigenvalue weighted by Crippen LogP contribution is 2.42. The molecule has 114 valence electrons. The molecule has 0 spiro atoms. The monoisotopic (exact) mass is 306 g/mol. The van der Waals surface area contributed by atoms with Gasteiger partial charge in [0.25, 0.3) is 5.69 Å². The molecule has 0 amide bonds. The van der Waals surface area contributed by atoms with Gasteiger partial charge in [0.2, 0.25) is 0 Å². The van der Waals surface area contributed by atoms with Crippen LogP contribution in [0.1, 0.15) is 0 Å². The highest BCUT2D eigenvalue weighted by molar-refractivity contribution is 5.95. The van der Waals surface area contributed by atoms with Crippen LogP contribution in [0.15, 0.2) is 66.7 Å². The Morgan fingerprint density at radius 1 is 0.826 bits per heavy atom. The van der Waals surface area contributed by atoms with E-state index in [1.54, 1.807) is 18.2 Å². The predicted molar refractivity (Wildman–Crippen MR) is 90.0 cm³/mol. The highest BCUT2D eigenvalue weighted by Gasteiger charge is 2.22. The largest absolute Gasteiger partial charge is 0.508 e. The second kappa shape index (κ2) is 5.81. The van der Waals surface area contributed by atoms with Crippen LogP contribution in [-0.2, 0) is 0 Å². The summed E-state index contributed by atoms with van der Waals surface area (Å²) >= 11 is 0. The van der Waals surface area contributed by atoms with Crippen LogP contribution in [0.5, 0.6) is 5.75 Å². The van der Waals surface area contributed by atoms with E-state index in [-0.39, 0.29) is 11.4 Å². The van der Waals surface area contributed by atoms with Gasteiger partial charge in [-0.15, -0.1) is 0 Å². The van der Waals surface area contributed by atoms with Crippen LogP contribution in [0.3, 0.4) is 0 Å². The number of anilines is 1. The molecule has 0 atom stereocenters.